The number of anilines is 1. The molecule has 7 nitrogen and oxygen atoms in total. The van der Waals surface area contributed by atoms with Gasteiger partial charge < -0.3 is 20.6 Å². The molecule has 1 aliphatic carbocycles. The smallest absolute Gasteiger partial charge is 0.321 e. The van der Waals surface area contributed by atoms with Gasteiger partial charge >= 0.3 is 12.0 Å². The maximum absolute atomic E-state index is 12.3. The van der Waals surface area contributed by atoms with Crippen LogP contribution in [0.2, 0.25) is 0 Å². The van der Waals surface area contributed by atoms with Crippen LogP contribution in [0.4, 0.5) is 10.5 Å². The largest absolute Gasteiger partial charge is 0.481 e. The van der Waals surface area contributed by atoms with Gasteiger partial charge in [-0.15, -0.1) is 0 Å². The van der Waals surface area contributed by atoms with Gasteiger partial charge in [-0.1, -0.05) is 6.07 Å². The fraction of sp³-hybridized carbons (Fsp3) is 0.471. The number of carboxylic acid groups (broad SMARTS) is 1. The Labute approximate surface area is 141 Å². The van der Waals surface area contributed by atoms with Gasteiger partial charge in [0.1, 0.15) is 0 Å². The summed E-state index contributed by atoms with van der Waals surface area (Å²) < 4.78 is 0. The second-order valence-corrected chi connectivity index (χ2v) is 6.27. The van der Waals surface area contributed by atoms with Crippen molar-refractivity contribution in [2.24, 2.45) is 5.92 Å². The Morgan fingerprint density at radius 2 is 1.79 bits per heavy atom. The van der Waals surface area contributed by atoms with E-state index in [4.69, 9.17) is 5.11 Å². The molecule has 0 aromatic heterocycles. The van der Waals surface area contributed by atoms with E-state index in [0.29, 0.717) is 36.9 Å². The van der Waals surface area contributed by atoms with Crippen LogP contribution in [-0.2, 0) is 4.79 Å². The normalized spacial score (nSPS) is 20.1. The number of benzene rings is 1. The van der Waals surface area contributed by atoms with E-state index in [2.05, 4.69) is 10.6 Å². The maximum atomic E-state index is 12.3. The first-order chi connectivity index (χ1) is 11.4. The molecule has 0 unspecified atom stereocenters. The van der Waals surface area contributed by atoms with Crippen molar-refractivity contribution >= 4 is 23.6 Å². The summed E-state index contributed by atoms with van der Waals surface area (Å²) in [5.41, 5.74) is 1.02. The van der Waals surface area contributed by atoms with Crippen molar-refractivity contribution in [2.75, 3.05) is 19.4 Å². The minimum Gasteiger partial charge on any atom is -0.481 e. The SMILES string of the molecule is CN(C)C(=O)Nc1cccc(C(=O)NC2CCC(C(=O)O)CC2)c1. The molecule has 24 heavy (non-hydrogen) atoms. The van der Waals surface area contributed by atoms with E-state index < -0.39 is 5.97 Å². The lowest BCUT2D eigenvalue weighted by atomic mass is 9.86. The predicted molar refractivity (Wildman–Crippen MR) is 90.0 cm³/mol. The zero-order valence-electron chi connectivity index (χ0n) is 13.9. The number of carbonyl (C=O) groups is 3. The number of hydrogen-bond acceptors (Lipinski definition) is 3. The van der Waals surface area contributed by atoms with Gasteiger partial charge in [0, 0.05) is 31.4 Å². The van der Waals surface area contributed by atoms with Gasteiger partial charge in [0.2, 0.25) is 0 Å². The van der Waals surface area contributed by atoms with E-state index in [1.807, 2.05) is 0 Å². The van der Waals surface area contributed by atoms with Crippen molar-refractivity contribution in [3.8, 4) is 0 Å². The summed E-state index contributed by atoms with van der Waals surface area (Å²) in [6.45, 7) is 0. The summed E-state index contributed by atoms with van der Waals surface area (Å²) in [7, 11) is 3.28. The quantitative estimate of drug-likeness (QED) is 0.786. The molecule has 0 saturated heterocycles. The van der Waals surface area contributed by atoms with E-state index in [9.17, 15) is 14.4 Å². The van der Waals surface area contributed by atoms with E-state index in [0.717, 1.165) is 0 Å². The van der Waals surface area contributed by atoms with E-state index in [1.165, 1.54) is 4.90 Å². The Hall–Kier alpha value is -2.57. The van der Waals surface area contributed by atoms with Gasteiger partial charge in [-0.3, -0.25) is 9.59 Å². The highest BCUT2D eigenvalue weighted by molar-refractivity contribution is 5.97. The molecule has 3 amide bonds. The standard InChI is InChI=1S/C17H23N3O4/c1-20(2)17(24)19-14-5-3-4-12(10-14)15(21)18-13-8-6-11(7-9-13)16(22)23/h3-5,10-11,13H,6-9H2,1-2H3,(H,18,21)(H,19,24)(H,22,23). The molecule has 1 aromatic rings. The molecule has 0 aliphatic heterocycles. The van der Waals surface area contributed by atoms with Gasteiger partial charge in [0.15, 0.2) is 0 Å². The average molecular weight is 333 g/mol. The molecule has 0 spiro atoms. The zero-order valence-corrected chi connectivity index (χ0v) is 13.9. The fourth-order valence-electron chi connectivity index (χ4n) is 2.73. The second-order valence-electron chi connectivity index (χ2n) is 6.27. The van der Waals surface area contributed by atoms with Crippen LogP contribution in [0, 0.1) is 5.92 Å². The van der Waals surface area contributed by atoms with Crippen LogP contribution in [0.15, 0.2) is 24.3 Å². The number of nitrogens with zero attached hydrogens (tertiary/aromatic N) is 1. The Balaban J connectivity index is 1.93. The second kappa shape index (κ2) is 7.81. The Bertz CT molecular complexity index is 622. The highest BCUT2D eigenvalue weighted by Gasteiger charge is 2.26. The van der Waals surface area contributed by atoms with E-state index >= 15 is 0 Å². The number of rotatable bonds is 4. The molecule has 7 heteroatoms. The summed E-state index contributed by atoms with van der Waals surface area (Å²) in [6.07, 6.45) is 2.50. The highest BCUT2D eigenvalue weighted by Crippen LogP contribution is 2.24. The molecule has 1 fully saturated rings. The van der Waals surface area contributed by atoms with Crippen LogP contribution >= 0.6 is 0 Å². The Morgan fingerprint density at radius 1 is 1.12 bits per heavy atom. The highest BCUT2D eigenvalue weighted by atomic mass is 16.4. The molecule has 1 aliphatic rings. The summed E-state index contributed by atoms with van der Waals surface area (Å²) >= 11 is 0. The zero-order chi connectivity index (χ0) is 17.7. The van der Waals surface area contributed by atoms with E-state index in [1.54, 1.807) is 38.4 Å². The van der Waals surface area contributed by atoms with Crippen LogP contribution in [-0.4, -0.2) is 48.1 Å². The molecular weight excluding hydrogens is 310 g/mol. The number of aliphatic carboxylic acids is 1. The lowest BCUT2D eigenvalue weighted by Crippen LogP contribution is -2.38. The third-order valence-corrected chi connectivity index (χ3v) is 4.19. The number of hydrogen-bond donors (Lipinski definition) is 3. The topological polar surface area (TPSA) is 98.7 Å². The first-order valence-corrected chi connectivity index (χ1v) is 7.99. The van der Waals surface area contributed by atoms with Gasteiger partial charge in [-0.2, -0.15) is 0 Å². The molecule has 1 saturated carbocycles. The summed E-state index contributed by atoms with van der Waals surface area (Å²) in [5, 5.41) is 14.6. The molecule has 0 bridgehead atoms. The van der Waals surface area contributed by atoms with Crippen LogP contribution in [0.25, 0.3) is 0 Å². The lowest BCUT2D eigenvalue weighted by molar-refractivity contribution is -0.142. The number of nitrogens with one attached hydrogen (secondary N) is 2. The summed E-state index contributed by atoms with van der Waals surface area (Å²) in [6, 6.07) is 6.47. The number of urea groups is 1. The predicted octanol–water partition coefficient (Wildman–Crippen LogP) is 2.15. The number of amides is 3. The van der Waals surface area contributed by atoms with Crippen LogP contribution in [0.5, 0.6) is 0 Å². The Kier molecular flexibility index (Phi) is 5.78. The molecule has 0 heterocycles. The molecule has 130 valence electrons. The number of carbonyl (C=O) groups excluding carboxylic acids is 2. The van der Waals surface area contributed by atoms with Gasteiger partial charge in [0.25, 0.3) is 5.91 Å². The van der Waals surface area contributed by atoms with Gasteiger partial charge in [-0.25, -0.2) is 4.79 Å². The van der Waals surface area contributed by atoms with Crippen molar-refractivity contribution in [1.29, 1.82) is 0 Å². The lowest BCUT2D eigenvalue weighted by Gasteiger charge is -2.26. The Morgan fingerprint density at radius 3 is 2.38 bits per heavy atom. The molecular formula is C17H23N3O4. The van der Waals surface area contributed by atoms with Gasteiger partial charge in [-0.05, 0) is 43.9 Å². The van der Waals surface area contributed by atoms with Gasteiger partial charge in [0.05, 0.1) is 5.92 Å². The van der Waals surface area contributed by atoms with Crippen molar-refractivity contribution < 1.29 is 19.5 Å². The average Bonchev–Trinajstić information content (AvgIpc) is 2.55. The van der Waals surface area contributed by atoms with Crippen molar-refractivity contribution in [3.05, 3.63) is 29.8 Å². The van der Waals surface area contributed by atoms with Crippen molar-refractivity contribution in [3.63, 3.8) is 0 Å². The van der Waals surface area contributed by atoms with Crippen LogP contribution in [0.3, 0.4) is 0 Å². The molecule has 3 N–H and O–H groups in total. The minimum absolute atomic E-state index is 0.00637. The summed E-state index contributed by atoms with van der Waals surface area (Å²) in [4.78, 5) is 36.4. The third kappa shape index (κ3) is 4.71. The maximum Gasteiger partial charge on any atom is 0.321 e. The van der Waals surface area contributed by atoms with E-state index in [-0.39, 0.29) is 23.9 Å². The minimum atomic E-state index is -0.760. The third-order valence-electron chi connectivity index (χ3n) is 4.19. The van der Waals surface area contributed by atoms with Crippen LogP contribution < -0.4 is 10.6 Å². The fourth-order valence-corrected chi connectivity index (χ4v) is 2.73. The summed E-state index contributed by atoms with van der Waals surface area (Å²) in [5.74, 6) is -1.28. The molecule has 1 aromatic carbocycles. The van der Waals surface area contributed by atoms with Crippen molar-refractivity contribution in [2.45, 2.75) is 31.7 Å². The molecule has 2 rings (SSSR count). The first-order valence-electron chi connectivity index (χ1n) is 7.99. The number of carboxylic acids is 1. The monoisotopic (exact) mass is 333 g/mol. The van der Waals surface area contributed by atoms with Crippen molar-refractivity contribution in [1.82, 2.24) is 10.2 Å². The first kappa shape index (κ1) is 17.8. The van der Waals surface area contributed by atoms with Crippen LogP contribution in [0.1, 0.15) is 36.0 Å². The molecule has 0 atom stereocenters. The molecule has 0 radical (unpaired) electrons.